The zero-order chi connectivity index (χ0) is 11.2. The molecule has 1 heteroatoms. The molecule has 16 heavy (non-hydrogen) atoms. The fourth-order valence-electron chi connectivity index (χ4n) is 1.36. The summed E-state index contributed by atoms with van der Waals surface area (Å²) in [4.78, 5) is 3.97. The van der Waals surface area contributed by atoms with Crippen LogP contribution in [0.4, 0.5) is 0 Å². The van der Waals surface area contributed by atoms with E-state index in [9.17, 15) is 0 Å². The number of hydrogen-bond acceptors (Lipinski definition) is 1. The molecule has 0 amide bonds. The van der Waals surface area contributed by atoms with Gasteiger partial charge in [-0.2, -0.15) is 0 Å². The quantitative estimate of drug-likeness (QED) is 0.686. The predicted molar refractivity (Wildman–Crippen MR) is 67.5 cm³/mol. The largest absolute Gasteiger partial charge is 0.265 e. The fourth-order valence-corrected chi connectivity index (χ4v) is 1.36. The van der Waals surface area contributed by atoms with E-state index >= 15 is 0 Å². The Morgan fingerprint density at radius 3 is 2.00 bits per heavy atom. The van der Waals surface area contributed by atoms with Crippen LogP contribution in [-0.4, -0.2) is 4.98 Å². The smallest absolute Gasteiger partial charge is 0.0273 e. The standard InChI is InChI=1S/C15H11N/c1-2-13-3-5-14(6-4-13)7-8-15-9-11-16-12-10-15/h1,3-12H/b8-7+. The minimum absolute atomic E-state index is 0.904. The third-order valence-corrected chi connectivity index (χ3v) is 2.25. The van der Waals surface area contributed by atoms with Crippen LogP contribution in [0.5, 0.6) is 0 Å². The molecule has 0 N–H and O–H groups in total. The summed E-state index contributed by atoms with van der Waals surface area (Å²) in [6, 6.07) is 11.8. The van der Waals surface area contributed by atoms with E-state index in [1.54, 1.807) is 12.4 Å². The van der Waals surface area contributed by atoms with Gasteiger partial charge >= 0.3 is 0 Å². The second kappa shape index (κ2) is 4.95. The van der Waals surface area contributed by atoms with Crippen molar-refractivity contribution < 1.29 is 0 Å². The van der Waals surface area contributed by atoms with Crippen molar-refractivity contribution in [2.45, 2.75) is 0 Å². The van der Waals surface area contributed by atoms with Crippen molar-refractivity contribution in [3.05, 3.63) is 65.5 Å². The van der Waals surface area contributed by atoms with Gasteiger partial charge in [-0.05, 0) is 35.4 Å². The minimum atomic E-state index is 0.904. The minimum Gasteiger partial charge on any atom is -0.265 e. The average molecular weight is 205 g/mol. The molecule has 1 heterocycles. The molecule has 1 nitrogen and oxygen atoms in total. The number of rotatable bonds is 2. The van der Waals surface area contributed by atoms with Crippen molar-refractivity contribution in [3.8, 4) is 12.3 Å². The average Bonchev–Trinajstić information content (AvgIpc) is 2.38. The Labute approximate surface area is 95.5 Å². The van der Waals surface area contributed by atoms with Gasteiger partial charge in [0.1, 0.15) is 0 Å². The van der Waals surface area contributed by atoms with Gasteiger partial charge in [0.2, 0.25) is 0 Å². The van der Waals surface area contributed by atoms with Gasteiger partial charge in [0.15, 0.2) is 0 Å². The van der Waals surface area contributed by atoms with Crippen molar-refractivity contribution in [2.24, 2.45) is 0 Å². The Bertz CT molecular complexity index is 516. The molecular weight excluding hydrogens is 194 g/mol. The number of terminal acetylenes is 1. The van der Waals surface area contributed by atoms with Crippen molar-refractivity contribution in [1.29, 1.82) is 0 Å². The third kappa shape index (κ3) is 2.59. The molecule has 1 aromatic heterocycles. The molecule has 0 aliphatic rings. The Morgan fingerprint density at radius 1 is 0.875 bits per heavy atom. The molecule has 0 unspecified atom stereocenters. The first-order valence-corrected chi connectivity index (χ1v) is 5.03. The van der Waals surface area contributed by atoms with E-state index in [1.807, 2.05) is 42.5 Å². The van der Waals surface area contributed by atoms with Crippen LogP contribution in [0.15, 0.2) is 48.8 Å². The van der Waals surface area contributed by atoms with Crippen LogP contribution >= 0.6 is 0 Å². The van der Waals surface area contributed by atoms with Gasteiger partial charge < -0.3 is 0 Å². The van der Waals surface area contributed by atoms with Crippen molar-refractivity contribution in [3.63, 3.8) is 0 Å². The summed E-state index contributed by atoms with van der Waals surface area (Å²) in [5, 5.41) is 0. The molecule has 0 bridgehead atoms. The summed E-state index contributed by atoms with van der Waals surface area (Å²) in [5.41, 5.74) is 3.17. The molecule has 2 aromatic rings. The maximum Gasteiger partial charge on any atom is 0.0273 e. The summed E-state index contributed by atoms with van der Waals surface area (Å²) in [6.45, 7) is 0. The highest BCUT2D eigenvalue weighted by Crippen LogP contribution is 2.08. The summed E-state index contributed by atoms with van der Waals surface area (Å²) in [6.07, 6.45) is 12.9. The zero-order valence-electron chi connectivity index (χ0n) is 8.80. The van der Waals surface area contributed by atoms with Gasteiger partial charge in [0.05, 0.1) is 0 Å². The third-order valence-electron chi connectivity index (χ3n) is 2.25. The number of benzene rings is 1. The van der Waals surface area contributed by atoms with Gasteiger partial charge in [-0.25, -0.2) is 0 Å². The van der Waals surface area contributed by atoms with Gasteiger partial charge in [-0.15, -0.1) is 6.42 Å². The van der Waals surface area contributed by atoms with Crippen LogP contribution in [0, 0.1) is 12.3 Å². The molecule has 0 saturated carbocycles. The van der Waals surface area contributed by atoms with Gasteiger partial charge in [0.25, 0.3) is 0 Å². The lowest BCUT2D eigenvalue weighted by molar-refractivity contribution is 1.32. The molecular formula is C15H11N. The van der Waals surface area contributed by atoms with E-state index in [2.05, 4.69) is 17.0 Å². The zero-order valence-corrected chi connectivity index (χ0v) is 8.80. The molecule has 0 atom stereocenters. The number of pyridine rings is 1. The normalized spacial score (nSPS) is 10.2. The van der Waals surface area contributed by atoms with E-state index in [0.29, 0.717) is 0 Å². The van der Waals surface area contributed by atoms with E-state index in [4.69, 9.17) is 6.42 Å². The van der Waals surface area contributed by atoms with Crippen LogP contribution in [0.2, 0.25) is 0 Å². The van der Waals surface area contributed by atoms with Crippen molar-refractivity contribution >= 4 is 12.2 Å². The maximum atomic E-state index is 5.29. The molecule has 0 saturated heterocycles. The van der Waals surface area contributed by atoms with Gasteiger partial charge in [-0.3, -0.25) is 4.98 Å². The van der Waals surface area contributed by atoms with Crippen LogP contribution in [0.3, 0.4) is 0 Å². The van der Waals surface area contributed by atoms with Crippen LogP contribution < -0.4 is 0 Å². The SMILES string of the molecule is C#Cc1ccc(/C=C/c2ccncc2)cc1. The molecule has 76 valence electrons. The molecule has 2 rings (SSSR count). The summed E-state index contributed by atoms with van der Waals surface area (Å²) in [5.74, 6) is 2.60. The Kier molecular flexibility index (Phi) is 3.15. The summed E-state index contributed by atoms with van der Waals surface area (Å²) >= 11 is 0. The maximum absolute atomic E-state index is 5.29. The molecule has 0 fully saturated rings. The highest BCUT2D eigenvalue weighted by atomic mass is 14.6. The topological polar surface area (TPSA) is 12.9 Å². The lowest BCUT2D eigenvalue weighted by atomic mass is 10.1. The first-order chi connectivity index (χ1) is 7.88. The number of hydrogen-bond donors (Lipinski definition) is 0. The number of nitrogens with zero attached hydrogens (tertiary/aromatic N) is 1. The Hall–Kier alpha value is -2.33. The monoisotopic (exact) mass is 205 g/mol. The molecule has 0 aliphatic heterocycles. The van der Waals surface area contributed by atoms with E-state index in [-0.39, 0.29) is 0 Å². The Balaban J connectivity index is 2.15. The van der Waals surface area contributed by atoms with Gasteiger partial charge in [0, 0.05) is 18.0 Å². The first kappa shape index (κ1) is 10.2. The van der Waals surface area contributed by atoms with E-state index in [0.717, 1.165) is 16.7 Å². The second-order valence-corrected chi connectivity index (χ2v) is 3.38. The van der Waals surface area contributed by atoms with Gasteiger partial charge in [-0.1, -0.05) is 30.2 Å². The van der Waals surface area contributed by atoms with Crippen molar-refractivity contribution in [1.82, 2.24) is 4.98 Å². The Morgan fingerprint density at radius 2 is 1.44 bits per heavy atom. The summed E-state index contributed by atoms with van der Waals surface area (Å²) in [7, 11) is 0. The molecule has 0 aliphatic carbocycles. The fraction of sp³-hybridized carbons (Fsp3) is 0. The van der Waals surface area contributed by atoms with Crippen LogP contribution in [0.25, 0.3) is 12.2 Å². The number of aromatic nitrogens is 1. The van der Waals surface area contributed by atoms with Crippen molar-refractivity contribution in [2.75, 3.05) is 0 Å². The highest BCUT2D eigenvalue weighted by molar-refractivity contribution is 5.69. The van der Waals surface area contributed by atoms with Crippen LogP contribution in [-0.2, 0) is 0 Å². The molecule has 0 spiro atoms. The van der Waals surface area contributed by atoms with Crippen LogP contribution in [0.1, 0.15) is 16.7 Å². The predicted octanol–water partition coefficient (Wildman–Crippen LogP) is 3.23. The first-order valence-electron chi connectivity index (χ1n) is 5.03. The summed E-state index contributed by atoms with van der Waals surface area (Å²) < 4.78 is 0. The van der Waals surface area contributed by atoms with E-state index < -0.39 is 0 Å². The van der Waals surface area contributed by atoms with E-state index in [1.165, 1.54) is 0 Å². The lowest BCUT2D eigenvalue weighted by Crippen LogP contribution is -1.76. The second-order valence-electron chi connectivity index (χ2n) is 3.38. The molecule has 1 aromatic carbocycles. The lowest BCUT2D eigenvalue weighted by Gasteiger charge is -1.94. The molecule has 0 radical (unpaired) electrons. The highest BCUT2D eigenvalue weighted by Gasteiger charge is 1.88.